The van der Waals surface area contributed by atoms with Gasteiger partial charge in [0.05, 0.1) is 0 Å². The fourth-order valence-corrected chi connectivity index (χ4v) is 3.29. The van der Waals surface area contributed by atoms with Crippen LogP contribution in [0.3, 0.4) is 0 Å². The van der Waals surface area contributed by atoms with Crippen molar-refractivity contribution in [1.82, 2.24) is 8.87 Å². The smallest absolute Gasteiger partial charge is 0.352 e. The summed E-state index contributed by atoms with van der Waals surface area (Å²) in [5.74, 6) is -1.16. The van der Waals surface area contributed by atoms with Gasteiger partial charge < -0.3 is 9.67 Å². The molecule has 0 aliphatic carbocycles. The third-order valence-electron chi connectivity index (χ3n) is 2.64. The zero-order chi connectivity index (χ0) is 14.8. The van der Waals surface area contributed by atoms with Gasteiger partial charge in [0, 0.05) is 26.3 Å². The highest BCUT2D eigenvalue weighted by molar-refractivity contribution is 7.89. The molecule has 19 heavy (non-hydrogen) atoms. The predicted octanol–water partition coefficient (Wildman–Crippen LogP) is 1.31. The van der Waals surface area contributed by atoms with Gasteiger partial charge in [0.2, 0.25) is 10.0 Å². The minimum absolute atomic E-state index is 0.0181. The summed E-state index contributed by atoms with van der Waals surface area (Å²) in [5.41, 5.74) is 0.657. The Morgan fingerprint density at radius 2 is 2.11 bits per heavy atom. The zero-order valence-electron chi connectivity index (χ0n) is 11.3. The van der Waals surface area contributed by atoms with Gasteiger partial charge in [0.15, 0.2) is 0 Å². The maximum Gasteiger partial charge on any atom is 0.352 e. The number of carboxylic acid groups (broad SMARTS) is 1. The number of hydrogen-bond acceptors (Lipinski definition) is 3. The minimum atomic E-state index is -3.69. The highest BCUT2D eigenvalue weighted by Crippen LogP contribution is 2.19. The Labute approximate surface area is 113 Å². The molecule has 0 aromatic carbocycles. The molecule has 1 rings (SSSR count). The molecule has 1 N–H and O–H groups in total. The van der Waals surface area contributed by atoms with Crippen molar-refractivity contribution in [1.29, 1.82) is 0 Å². The van der Waals surface area contributed by atoms with Crippen molar-refractivity contribution in [2.75, 3.05) is 13.1 Å². The topological polar surface area (TPSA) is 79.6 Å². The largest absolute Gasteiger partial charge is 0.477 e. The van der Waals surface area contributed by atoms with Crippen molar-refractivity contribution in [3.8, 4) is 0 Å². The average Bonchev–Trinajstić information content (AvgIpc) is 2.68. The summed E-state index contributed by atoms with van der Waals surface area (Å²) in [5, 5.41) is 8.94. The lowest BCUT2D eigenvalue weighted by molar-refractivity contribution is 0.0686. The van der Waals surface area contributed by atoms with Crippen molar-refractivity contribution in [3.63, 3.8) is 0 Å². The van der Waals surface area contributed by atoms with E-state index in [0.29, 0.717) is 6.54 Å². The van der Waals surface area contributed by atoms with Crippen LogP contribution in [-0.2, 0) is 17.1 Å². The van der Waals surface area contributed by atoms with Gasteiger partial charge in [-0.2, -0.15) is 4.31 Å². The fraction of sp³-hybridized carbons (Fsp3) is 0.417. The van der Waals surface area contributed by atoms with Crippen LogP contribution in [-0.4, -0.2) is 41.5 Å². The van der Waals surface area contributed by atoms with E-state index in [1.54, 1.807) is 13.8 Å². The molecule has 1 aromatic heterocycles. The molecular formula is C12H18N2O4S. The molecule has 0 radical (unpaired) electrons. The second-order valence-corrected chi connectivity index (χ2v) is 6.30. The molecule has 7 heteroatoms. The van der Waals surface area contributed by atoms with Crippen molar-refractivity contribution >= 4 is 16.0 Å². The lowest BCUT2D eigenvalue weighted by Gasteiger charge is -2.19. The van der Waals surface area contributed by atoms with Crippen LogP contribution in [0.5, 0.6) is 0 Å². The van der Waals surface area contributed by atoms with E-state index in [-0.39, 0.29) is 17.1 Å². The molecular weight excluding hydrogens is 268 g/mol. The zero-order valence-corrected chi connectivity index (χ0v) is 12.1. The molecule has 106 valence electrons. The van der Waals surface area contributed by atoms with E-state index >= 15 is 0 Å². The van der Waals surface area contributed by atoms with Gasteiger partial charge in [-0.25, -0.2) is 13.2 Å². The van der Waals surface area contributed by atoms with Gasteiger partial charge in [-0.3, -0.25) is 0 Å². The lowest BCUT2D eigenvalue weighted by atomic mass is 10.3. The van der Waals surface area contributed by atoms with E-state index in [1.807, 2.05) is 0 Å². The Balaban J connectivity index is 3.22. The molecule has 0 unspecified atom stereocenters. The molecule has 0 spiro atoms. The molecule has 0 aliphatic heterocycles. The third-order valence-corrected chi connectivity index (χ3v) is 4.52. The third kappa shape index (κ3) is 3.24. The molecule has 0 amide bonds. The van der Waals surface area contributed by atoms with Gasteiger partial charge in [0.1, 0.15) is 10.6 Å². The van der Waals surface area contributed by atoms with Crippen molar-refractivity contribution in [2.24, 2.45) is 7.05 Å². The Bertz CT molecular complexity index is 601. The highest BCUT2D eigenvalue weighted by atomic mass is 32.2. The summed E-state index contributed by atoms with van der Waals surface area (Å²) in [6.07, 6.45) is 1.31. The first-order chi connectivity index (χ1) is 8.70. The van der Waals surface area contributed by atoms with Gasteiger partial charge >= 0.3 is 5.97 Å². The first kappa shape index (κ1) is 15.5. The second-order valence-electron chi connectivity index (χ2n) is 4.37. The van der Waals surface area contributed by atoms with Gasteiger partial charge in [0.25, 0.3) is 0 Å². The highest BCUT2D eigenvalue weighted by Gasteiger charge is 2.26. The molecule has 1 aromatic rings. The van der Waals surface area contributed by atoms with Gasteiger partial charge in [-0.1, -0.05) is 19.1 Å². The van der Waals surface area contributed by atoms with Crippen LogP contribution in [0.25, 0.3) is 0 Å². The van der Waals surface area contributed by atoms with Crippen LogP contribution in [0.1, 0.15) is 24.3 Å². The SMILES string of the molecule is C=C(C)CN(CC)S(=O)(=O)c1cc(C(=O)O)n(C)c1. The van der Waals surface area contributed by atoms with Gasteiger partial charge in [-0.15, -0.1) is 0 Å². The van der Waals surface area contributed by atoms with E-state index in [2.05, 4.69) is 6.58 Å². The molecule has 0 aliphatic rings. The second kappa shape index (κ2) is 5.58. The molecule has 6 nitrogen and oxygen atoms in total. The summed E-state index contributed by atoms with van der Waals surface area (Å²) in [6.45, 7) is 7.68. The standard InChI is InChI=1S/C12H18N2O4S/c1-5-14(7-9(2)3)19(17,18)10-6-11(12(15)16)13(4)8-10/h6,8H,2,5,7H2,1,3-4H3,(H,15,16). The number of aromatic carboxylic acids is 1. The Morgan fingerprint density at radius 1 is 1.53 bits per heavy atom. The summed E-state index contributed by atoms with van der Waals surface area (Å²) in [6, 6.07) is 1.17. The first-order valence-corrected chi connectivity index (χ1v) is 7.18. The average molecular weight is 286 g/mol. The van der Waals surface area contributed by atoms with E-state index < -0.39 is 16.0 Å². The van der Waals surface area contributed by atoms with Crippen LogP contribution in [0.4, 0.5) is 0 Å². The summed E-state index contributed by atoms with van der Waals surface area (Å²) < 4.78 is 27.3. The quantitative estimate of drug-likeness (QED) is 0.800. The summed E-state index contributed by atoms with van der Waals surface area (Å²) in [7, 11) is -2.20. The van der Waals surface area contributed by atoms with Crippen molar-refractivity contribution in [2.45, 2.75) is 18.7 Å². The summed E-state index contributed by atoms with van der Waals surface area (Å²) in [4.78, 5) is 10.9. The van der Waals surface area contributed by atoms with E-state index in [0.717, 1.165) is 5.57 Å². The number of carbonyl (C=O) groups is 1. The molecule has 0 bridgehead atoms. The molecule has 0 saturated carbocycles. The van der Waals surface area contributed by atoms with Crippen LogP contribution < -0.4 is 0 Å². The minimum Gasteiger partial charge on any atom is -0.477 e. The molecule has 0 atom stereocenters. The number of sulfonamides is 1. The Kier molecular flexibility index (Phi) is 4.54. The summed E-state index contributed by atoms with van der Waals surface area (Å²) >= 11 is 0. The Morgan fingerprint density at radius 3 is 2.47 bits per heavy atom. The number of rotatable bonds is 6. The number of hydrogen-bond donors (Lipinski definition) is 1. The van der Waals surface area contributed by atoms with Crippen molar-refractivity contribution < 1.29 is 18.3 Å². The van der Waals surface area contributed by atoms with E-state index in [4.69, 9.17) is 5.11 Å². The van der Waals surface area contributed by atoms with Crippen LogP contribution in [0, 0.1) is 0 Å². The van der Waals surface area contributed by atoms with E-state index in [9.17, 15) is 13.2 Å². The van der Waals surface area contributed by atoms with Crippen LogP contribution in [0.2, 0.25) is 0 Å². The monoisotopic (exact) mass is 286 g/mol. The number of aromatic nitrogens is 1. The Hall–Kier alpha value is -1.60. The lowest BCUT2D eigenvalue weighted by Crippen LogP contribution is -2.32. The van der Waals surface area contributed by atoms with Gasteiger partial charge in [-0.05, 0) is 13.0 Å². The number of likely N-dealkylation sites (N-methyl/N-ethyl adjacent to an activating group) is 1. The van der Waals surface area contributed by atoms with E-state index in [1.165, 1.54) is 28.2 Å². The van der Waals surface area contributed by atoms with Crippen LogP contribution in [0.15, 0.2) is 29.3 Å². The molecule has 0 fully saturated rings. The maximum atomic E-state index is 12.4. The number of aryl methyl sites for hydroxylation is 1. The molecule has 1 heterocycles. The van der Waals surface area contributed by atoms with Crippen LogP contribution >= 0.6 is 0 Å². The normalized spacial score (nSPS) is 11.8. The number of carboxylic acids is 1. The maximum absolute atomic E-state index is 12.4. The first-order valence-electron chi connectivity index (χ1n) is 5.74. The number of nitrogens with zero attached hydrogens (tertiary/aromatic N) is 2. The van der Waals surface area contributed by atoms with Crippen molar-refractivity contribution in [3.05, 3.63) is 30.1 Å². The fourth-order valence-electron chi connectivity index (χ4n) is 1.70. The molecule has 0 saturated heterocycles. The predicted molar refractivity (Wildman–Crippen MR) is 71.6 cm³/mol.